The third-order valence-corrected chi connectivity index (χ3v) is 6.92. The van der Waals surface area contributed by atoms with E-state index in [2.05, 4.69) is 4.72 Å². The van der Waals surface area contributed by atoms with E-state index in [0.29, 0.717) is 30.2 Å². The van der Waals surface area contributed by atoms with Crippen LogP contribution < -0.4 is 9.46 Å². The molecule has 7 heteroatoms. The molecule has 3 aromatic rings. The van der Waals surface area contributed by atoms with Crippen LogP contribution in [0.15, 0.2) is 83.8 Å². The molecule has 32 heavy (non-hydrogen) atoms. The number of hydrogen-bond donors (Lipinski definition) is 1. The van der Waals surface area contributed by atoms with Gasteiger partial charge in [0.15, 0.2) is 0 Å². The minimum atomic E-state index is -3.77. The lowest BCUT2D eigenvalue weighted by atomic mass is 10.0. The van der Waals surface area contributed by atoms with Gasteiger partial charge in [-0.1, -0.05) is 30.3 Å². The molecule has 1 aliphatic rings. The fourth-order valence-electron chi connectivity index (χ4n) is 3.97. The quantitative estimate of drug-likeness (QED) is 0.558. The average molecular weight is 451 g/mol. The lowest BCUT2D eigenvalue weighted by Gasteiger charge is -2.25. The first-order valence-corrected chi connectivity index (χ1v) is 12.2. The minimum Gasteiger partial charge on any atom is -0.494 e. The van der Waals surface area contributed by atoms with E-state index in [1.807, 2.05) is 42.2 Å². The van der Waals surface area contributed by atoms with Crippen molar-refractivity contribution in [2.45, 2.75) is 30.7 Å². The normalized spacial score (nSPS) is 16.0. The van der Waals surface area contributed by atoms with Crippen LogP contribution in [-0.2, 0) is 10.0 Å². The second-order valence-electron chi connectivity index (χ2n) is 7.65. The maximum Gasteiger partial charge on any atom is 0.261 e. The molecule has 1 amide bonds. The molecule has 1 aliphatic heterocycles. The van der Waals surface area contributed by atoms with Gasteiger partial charge in [-0.3, -0.25) is 9.52 Å². The van der Waals surface area contributed by atoms with Crippen LogP contribution in [0, 0.1) is 0 Å². The lowest BCUT2D eigenvalue weighted by Crippen LogP contribution is -2.30. The Morgan fingerprint density at radius 3 is 2.34 bits per heavy atom. The molecule has 6 nitrogen and oxygen atoms in total. The molecule has 166 valence electrons. The maximum absolute atomic E-state index is 13.1. The van der Waals surface area contributed by atoms with Crippen molar-refractivity contribution in [1.29, 1.82) is 0 Å². The van der Waals surface area contributed by atoms with Gasteiger partial charge >= 0.3 is 0 Å². The Morgan fingerprint density at radius 2 is 1.69 bits per heavy atom. The van der Waals surface area contributed by atoms with Gasteiger partial charge in [0.2, 0.25) is 0 Å². The fourth-order valence-corrected chi connectivity index (χ4v) is 5.03. The van der Waals surface area contributed by atoms with E-state index in [1.165, 1.54) is 12.1 Å². The molecule has 0 radical (unpaired) electrons. The monoisotopic (exact) mass is 450 g/mol. The predicted molar refractivity (Wildman–Crippen MR) is 124 cm³/mol. The van der Waals surface area contributed by atoms with Crippen LogP contribution in [0.4, 0.5) is 5.69 Å². The molecule has 1 saturated heterocycles. The molecule has 3 aromatic carbocycles. The van der Waals surface area contributed by atoms with Crippen molar-refractivity contribution in [3.63, 3.8) is 0 Å². The number of amides is 1. The SMILES string of the molecule is CCOc1ccc(NS(=O)(=O)c2ccc(C(=O)N3CCCC3c3ccccc3)cc2)cc1. The first-order valence-electron chi connectivity index (χ1n) is 10.7. The number of nitrogens with zero attached hydrogens (tertiary/aromatic N) is 1. The molecular weight excluding hydrogens is 424 g/mol. The summed E-state index contributed by atoms with van der Waals surface area (Å²) < 4.78 is 33.4. The molecule has 0 spiro atoms. The number of benzene rings is 3. The number of nitrogens with one attached hydrogen (secondary N) is 1. The number of sulfonamides is 1. The number of hydrogen-bond acceptors (Lipinski definition) is 4. The smallest absolute Gasteiger partial charge is 0.261 e. The van der Waals surface area contributed by atoms with Crippen LogP contribution in [0.1, 0.15) is 41.7 Å². The van der Waals surface area contributed by atoms with Gasteiger partial charge in [0.25, 0.3) is 15.9 Å². The van der Waals surface area contributed by atoms with E-state index in [-0.39, 0.29) is 16.8 Å². The van der Waals surface area contributed by atoms with Gasteiger partial charge in [0, 0.05) is 17.8 Å². The van der Waals surface area contributed by atoms with Crippen LogP contribution in [-0.4, -0.2) is 32.4 Å². The van der Waals surface area contributed by atoms with Crippen molar-refractivity contribution >= 4 is 21.6 Å². The van der Waals surface area contributed by atoms with Gasteiger partial charge in [0.05, 0.1) is 17.5 Å². The molecule has 1 heterocycles. The van der Waals surface area contributed by atoms with E-state index in [1.54, 1.807) is 36.4 Å². The first kappa shape index (κ1) is 21.9. The number of likely N-dealkylation sites (tertiary alicyclic amines) is 1. The number of anilines is 1. The molecular formula is C25H26N2O4S. The highest BCUT2D eigenvalue weighted by Crippen LogP contribution is 2.33. The highest BCUT2D eigenvalue weighted by molar-refractivity contribution is 7.92. The largest absolute Gasteiger partial charge is 0.494 e. The van der Waals surface area contributed by atoms with Crippen molar-refractivity contribution in [3.8, 4) is 5.75 Å². The molecule has 1 fully saturated rings. The lowest BCUT2D eigenvalue weighted by molar-refractivity contribution is 0.0735. The third-order valence-electron chi connectivity index (χ3n) is 5.53. The summed E-state index contributed by atoms with van der Waals surface area (Å²) in [6, 6.07) is 22.9. The van der Waals surface area contributed by atoms with Gasteiger partial charge in [0.1, 0.15) is 5.75 Å². The summed E-state index contributed by atoms with van der Waals surface area (Å²) in [4.78, 5) is 15.1. The average Bonchev–Trinajstić information content (AvgIpc) is 3.31. The van der Waals surface area contributed by atoms with Crippen molar-refractivity contribution in [2.75, 3.05) is 17.9 Å². The van der Waals surface area contributed by atoms with E-state index < -0.39 is 10.0 Å². The van der Waals surface area contributed by atoms with Crippen LogP contribution in [0.3, 0.4) is 0 Å². The van der Waals surface area contributed by atoms with Gasteiger partial charge in [-0.05, 0) is 73.9 Å². The van der Waals surface area contributed by atoms with Gasteiger partial charge in [-0.2, -0.15) is 0 Å². The van der Waals surface area contributed by atoms with E-state index in [0.717, 1.165) is 18.4 Å². The van der Waals surface area contributed by atoms with Gasteiger partial charge in [-0.25, -0.2) is 8.42 Å². The standard InChI is InChI=1S/C25H26N2O4S/c1-2-31-22-14-12-21(13-15-22)26-32(29,30)23-16-10-20(11-17-23)25(28)27-18-6-9-24(27)19-7-4-3-5-8-19/h3-5,7-8,10-17,24,26H,2,6,9,18H2,1H3. The number of carbonyl (C=O) groups excluding carboxylic acids is 1. The van der Waals surface area contributed by atoms with Crippen molar-refractivity contribution < 1.29 is 17.9 Å². The van der Waals surface area contributed by atoms with E-state index in [9.17, 15) is 13.2 Å². The predicted octanol–water partition coefficient (Wildman–Crippen LogP) is 4.86. The molecule has 0 aromatic heterocycles. The summed E-state index contributed by atoms with van der Waals surface area (Å²) in [6.45, 7) is 3.12. The highest BCUT2D eigenvalue weighted by atomic mass is 32.2. The molecule has 0 bridgehead atoms. The van der Waals surface area contributed by atoms with E-state index >= 15 is 0 Å². The van der Waals surface area contributed by atoms with E-state index in [4.69, 9.17) is 4.74 Å². The Bertz CT molecular complexity index is 1160. The molecule has 0 aliphatic carbocycles. The number of rotatable bonds is 7. The molecule has 1 atom stereocenters. The molecule has 0 saturated carbocycles. The van der Waals surface area contributed by atoms with Crippen LogP contribution >= 0.6 is 0 Å². The molecule has 1 N–H and O–H groups in total. The Labute approximate surface area is 188 Å². The maximum atomic E-state index is 13.1. The van der Waals surface area contributed by atoms with Crippen LogP contribution in [0.5, 0.6) is 5.75 Å². The van der Waals surface area contributed by atoms with Crippen LogP contribution in [0.25, 0.3) is 0 Å². The van der Waals surface area contributed by atoms with Crippen molar-refractivity contribution in [2.24, 2.45) is 0 Å². The Hall–Kier alpha value is -3.32. The highest BCUT2D eigenvalue weighted by Gasteiger charge is 2.30. The first-order chi connectivity index (χ1) is 15.5. The zero-order valence-electron chi connectivity index (χ0n) is 17.9. The summed E-state index contributed by atoms with van der Waals surface area (Å²) in [5, 5.41) is 0. The number of ether oxygens (including phenoxy) is 1. The fraction of sp³-hybridized carbons (Fsp3) is 0.240. The van der Waals surface area contributed by atoms with Crippen LogP contribution in [0.2, 0.25) is 0 Å². The summed E-state index contributed by atoms with van der Waals surface area (Å²) in [5.74, 6) is 0.591. The third kappa shape index (κ3) is 4.78. The Balaban J connectivity index is 1.47. The summed E-state index contributed by atoms with van der Waals surface area (Å²) in [7, 11) is -3.77. The van der Waals surface area contributed by atoms with Crippen molar-refractivity contribution in [3.05, 3.63) is 90.0 Å². The Kier molecular flexibility index (Phi) is 6.46. The topological polar surface area (TPSA) is 75.7 Å². The second-order valence-corrected chi connectivity index (χ2v) is 9.34. The summed E-state index contributed by atoms with van der Waals surface area (Å²) in [6.07, 6.45) is 1.87. The zero-order chi connectivity index (χ0) is 22.6. The number of carbonyl (C=O) groups is 1. The second kappa shape index (κ2) is 9.44. The van der Waals surface area contributed by atoms with Gasteiger partial charge < -0.3 is 9.64 Å². The zero-order valence-corrected chi connectivity index (χ0v) is 18.7. The summed E-state index contributed by atoms with van der Waals surface area (Å²) >= 11 is 0. The van der Waals surface area contributed by atoms with Gasteiger partial charge in [-0.15, -0.1) is 0 Å². The Morgan fingerprint density at radius 1 is 1.00 bits per heavy atom. The van der Waals surface area contributed by atoms with Crippen molar-refractivity contribution in [1.82, 2.24) is 4.90 Å². The molecule has 4 rings (SSSR count). The summed E-state index contributed by atoms with van der Waals surface area (Å²) in [5.41, 5.74) is 2.04. The minimum absolute atomic E-state index is 0.0495. The molecule has 1 unspecified atom stereocenters.